The molecule has 0 unspecified atom stereocenters. The summed E-state index contributed by atoms with van der Waals surface area (Å²) < 4.78 is 0. The van der Waals surface area contributed by atoms with Crippen LogP contribution < -0.4 is 5.73 Å². The van der Waals surface area contributed by atoms with Crippen molar-refractivity contribution in [3.05, 3.63) is 28.3 Å². The van der Waals surface area contributed by atoms with Crippen LogP contribution >= 0.6 is 0 Å². The molecule has 0 saturated heterocycles. The fourth-order valence-electron chi connectivity index (χ4n) is 2.71. The van der Waals surface area contributed by atoms with Crippen LogP contribution in [0.1, 0.15) is 75.6 Å². The van der Waals surface area contributed by atoms with Gasteiger partial charge in [0.25, 0.3) is 0 Å². The topological polar surface area (TPSA) is 26.0 Å². The van der Waals surface area contributed by atoms with E-state index in [0.29, 0.717) is 11.8 Å². The molecule has 0 aliphatic heterocycles. The standard InChI is InChI=1S/C16H27N/c1-7-12-9-14(10(3)4)16(17)15(11(5)6)13(12)8-2/h9-11H,7-8,17H2,1-6H3. The lowest BCUT2D eigenvalue weighted by molar-refractivity contribution is 0.813. The van der Waals surface area contributed by atoms with E-state index in [1.165, 1.54) is 22.3 Å². The molecule has 0 spiro atoms. The summed E-state index contributed by atoms with van der Waals surface area (Å²) in [4.78, 5) is 0. The minimum Gasteiger partial charge on any atom is -0.398 e. The van der Waals surface area contributed by atoms with Gasteiger partial charge in [-0.3, -0.25) is 0 Å². The van der Waals surface area contributed by atoms with E-state index in [1.54, 1.807) is 0 Å². The quantitative estimate of drug-likeness (QED) is 0.753. The predicted octanol–water partition coefficient (Wildman–Crippen LogP) is 4.64. The number of nitrogens with two attached hydrogens (primary N) is 1. The first-order valence-corrected chi connectivity index (χ1v) is 6.87. The highest BCUT2D eigenvalue weighted by Crippen LogP contribution is 2.35. The summed E-state index contributed by atoms with van der Waals surface area (Å²) in [5.41, 5.74) is 13.1. The van der Waals surface area contributed by atoms with E-state index in [2.05, 4.69) is 47.6 Å². The van der Waals surface area contributed by atoms with Gasteiger partial charge in [-0.25, -0.2) is 0 Å². The third-order valence-corrected chi connectivity index (χ3v) is 3.58. The van der Waals surface area contributed by atoms with Gasteiger partial charge in [0.05, 0.1) is 0 Å². The lowest BCUT2D eigenvalue weighted by atomic mass is 9.84. The average Bonchev–Trinajstić information content (AvgIpc) is 2.26. The largest absolute Gasteiger partial charge is 0.398 e. The molecule has 1 aromatic carbocycles. The van der Waals surface area contributed by atoms with Crippen molar-refractivity contribution in [2.75, 3.05) is 5.73 Å². The highest BCUT2D eigenvalue weighted by molar-refractivity contribution is 5.62. The Morgan fingerprint density at radius 1 is 1.00 bits per heavy atom. The molecule has 1 aromatic rings. The van der Waals surface area contributed by atoms with Crippen molar-refractivity contribution < 1.29 is 0 Å². The Bertz CT molecular complexity index is 389. The second-order valence-electron chi connectivity index (χ2n) is 5.45. The zero-order chi connectivity index (χ0) is 13.2. The molecule has 0 aromatic heterocycles. The number of aryl methyl sites for hydroxylation is 1. The van der Waals surface area contributed by atoms with Crippen molar-refractivity contribution in [3.63, 3.8) is 0 Å². The minimum atomic E-state index is 0.503. The summed E-state index contributed by atoms with van der Waals surface area (Å²) in [6, 6.07) is 2.32. The van der Waals surface area contributed by atoms with E-state index < -0.39 is 0 Å². The number of anilines is 1. The van der Waals surface area contributed by atoms with Gasteiger partial charge in [0.2, 0.25) is 0 Å². The molecule has 1 heteroatoms. The van der Waals surface area contributed by atoms with E-state index in [-0.39, 0.29) is 0 Å². The second kappa shape index (κ2) is 5.57. The molecular weight excluding hydrogens is 206 g/mol. The third kappa shape index (κ3) is 2.65. The van der Waals surface area contributed by atoms with Crippen molar-refractivity contribution in [1.29, 1.82) is 0 Å². The molecule has 0 fully saturated rings. The number of nitrogen functional groups attached to an aromatic ring is 1. The van der Waals surface area contributed by atoms with Gasteiger partial charge in [0.15, 0.2) is 0 Å². The van der Waals surface area contributed by atoms with Gasteiger partial charge < -0.3 is 5.73 Å². The summed E-state index contributed by atoms with van der Waals surface area (Å²) in [7, 11) is 0. The molecule has 96 valence electrons. The molecule has 0 aliphatic carbocycles. The minimum absolute atomic E-state index is 0.503. The first kappa shape index (κ1) is 14.1. The SMILES string of the molecule is CCc1cc(C(C)C)c(N)c(C(C)C)c1CC. The van der Waals surface area contributed by atoms with Crippen molar-refractivity contribution in [2.45, 2.75) is 66.2 Å². The Kier molecular flexibility index (Phi) is 4.62. The first-order valence-electron chi connectivity index (χ1n) is 6.87. The molecule has 1 rings (SSSR count). The Balaban J connectivity index is 3.57. The highest BCUT2D eigenvalue weighted by Gasteiger charge is 2.17. The monoisotopic (exact) mass is 233 g/mol. The lowest BCUT2D eigenvalue weighted by Gasteiger charge is -2.23. The second-order valence-corrected chi connectivity index (χ2v) is 5.45. The maximum atomic E-state index is 6.39. The number of hydrogen-bond acceptors (Lipinski definition) is 1. The fourth-order valence-corrected chi connectivity index (χ4v) is 2.71. The Hall–Kier alpha value is -0.980. The van der Waals surface area contributed by atoms with E-state index in [1.807, 2.05) is 0 Å². The zero-order valence-corrected chi connectivity index (χ0v) is 12.2. The lowest BCUT2D eigenvalue weighted by Crippen LogP contribution is -2.09. The number of rotatable bonds is 4. The Morgan fingerprint density at radius 2 is 1.59 bits per heavy atom. The smallest absolute Gasteiger partial charge is 0.0387 e. The van der Waals surface area contributed by atoms with Gasteiger partial charge in [-0.1, -0.05) is 47.6 Å². The molecule has 0 amide bonds. The van der Waals surface area contributed by atoms with Gasteiger partial charge in [0.1, 0.15) is 0 Å². The summed E-state index contributed by atoms with van der Waals surface area (Å²) in [5.74, 6) is 1.01. The van der Waals surface area contributed by atoms with Crippen LogP contribution in [0.3, 0.4) is 0 Å². The molecule has 2 N–H and O–H groups in total. The summed E-state index contributed by atoms with van der Waals surface area (Å²) in [6.07, 6.45) is 2.18. The van der Waals surface area contributed by atoms with Crippen molar-refractivity contribution in [3.8, 4) is 0 Å². The summed E-state index contributed by atoms with van der Waals surface area (Å²) in [6.45, 7) is 13.4. The molecule has 1 nitrogen and oxygen atoms in total. The van der Waals surface area contributed by atoms with Crippen LogP contribution in [0.15, 0.2) is 6.07 Å². The van der Waals surface area contributed by atoms with Crippen molar-refractivity contribution >= 4 is 5.69 Å². The molecule has 0 bridgehead atoms. The third-order valence-electron chi connectivity index (χ3n) is 3.58. The van der Waals surface area contributed by atoms with Crippen molar-refractivity contribution in [1.82, 2.24) is 0 Å². The van der Waals surface area contributed by atoms with E-state index >= 15 is 0 Å². The Labute approximate surface area is 106 Å². The van der Waals surface area contributed by atoms with Gasteiger partial charge in [-0.2, -0.15) is 0 Å². The van der Waals surface area contributed by atoms with Crippen LogP contribution in [0.2, 0.25) is 0 Å². The molecular formula is C16H27N. The number of benzene rings is 1. The highest BCUT2D eigenvalue weighted by atomic mass is 14.6. The van der Waals surface area contributed by atoms with E-state index in [0.717, 1.165) is 18.5 Å². The molecule has 0 heterocycles. The maximum Gasteiger partial charge on any atom is 0.0387 e. The maximum absolute atomic E-state index is 6.39. The normalized spacial score (nSPS) is 11.5. The molecule has 17 heavy (non-hydrogen) atoms. The van der Waals surface area contributed by atoms with Crippen LogP contribution in [0.25, 0.3) is 0 Å². The molecule has 0 radical (unpaired) electrons. The van der Waals surface area contributed by atoms with E-state index in [4.69, 9.17) is 5.73 Å². The van der Waals surface area contributed by atoms with Crippen LogP contribution in [-0.2, 0) is 12.8 Å². The van der Waals surface area contributed by atoms with Crippen LogP contribution in [0, 0.1) is 0 Å². The average molecular weight is 233 g/mol. The van der Waals surface area contributed by atoms with Crippen LogP contribution in [-0.4, -0.2) is 0 Å². The van der Waals surface area contributed by atoms with Gasteiger partial charge in [-0.05, 0) is 46.9 Å². The molecule has 0 aliphatic rings. The van der Waals surface area contributed by atoms with Crippen LogP contribution in [0.4, 0.5) is 5.69 Å². The Morgan fingerprint density at radius 3 is 1.94 bits per heavy atom. The van der Waals surface area contributed by atoms with Crippen molar-refractivity contribution in [2.24, 2.45) is 0 Å². The summed E-state index contributed by atoms with van der Waals surface area (Å²) >= 11 is 0. The van der Waals surface area contributed by atoms with Gasteiger partial charge >= 0.3 is 0 Å². The van der Waals surface area contributed by atoms with Gasteiger partial charge in [0, 0.05) is 5.69 Å². The first-order chi connectivity index (χ1) is 7.93. The van der Waals surface area contributed by atoms with Gasteiger partial charge in [-0.15, -0.1) is 0 Å². The summed E-state index contributed by atoms with van der Waals surface area (Å²) in [5, 5.41) is 0. The predicted molar refractivity (Wildman–Crippen MR) is 77.8 cm³/mol. The fraction of sp³-hybridized carbons (Fsp3) is 0.625. The zero-order valence-electron chi connectivity index (χ0n) is 12.2. The molecule has 0 saturated carbocycles. The number of hydrogen-bond donors (Lipinski definition) is 1. The molecule has 0 atom stereocenters. The van der Waals surface area contributed by atoms with Crippen LogP contribution in [0.5, 0.6) is 0 Å². The van der Waals surface area contributed by atoms with E-state index in [9.17, 15) is 0 Å².